The second-order valence-electron chi connectivity index (χ2n) is 4.36. The van der Waals surface area contributed by atoms with Gasteiger partial charge in [0.05, 0.1) is 6.54 Å². The van der Waals surface area contributed by atoms with E-state index in [0.29, 0.717) is 19.0 Å². The summed E-state index contributed by atoms with van der Waals surface area (Å²) in [6, 6.07) is 0. The molecular formula is C11H18F3N3S. The van der Waals surface area contributed by atoms with Crippen LogP contribution < -0.4 is 5.32 Å². The van der Waals surface area contributed by atoms with E-state index in [4.69, 9.17) is 0 Å². The number of hydrogen-bond donors (Lipinski definition) is 1. The van der Waals surface area contributed by atoms with Gasteiger partial charge in [-0.3, -0.25) is 0 Å². The van der Waals surface area contributed by atoms with E-state index in [9.17, 15) is 13.2 Å². The van der Waals surface area contributed by atoms with E-state index in [-0.39, 0.29) is 17.5 Å². The van der Waals surface area contributed by atoms with Gasteiger partial charge >= 0.3 is 5.51 Å². The van der Waals surface area contributed by atoms with Gasteiger partial charge in [-0.25, -0.2) is 4.98 Å². The number of thioether (sulfide) groups is 1. The molecular weight excluding hydrogens is 263 g/mol. The van der Waals surface area contributed by atoms with Crippen molar-refractivity contribution in [1.82, 2.24) is 14.9 Å². The maximum atomic E-state index is 12.0. The Labute approximate surface area is 109 Å². The first kappa shape index (κ1) is 15.4. The van der Waals surface area contributed by atoms with Crippen LogP contribution in [0.4, 0.5) is 13.2 Å². The minimum absolute atomic E-state index is 0.000229. The monoisotopic (exact) mass is 281 g/mol. The molecule has 0 fully saturated rings. The third kappa shape index (κ3) is 6.30. The maximum Gasteiger partial charge on any atom is 0.441 e. The Morgan fingerprint density at radius 2 is 2.17 bits per heavy atom. The molecule has 104 valence electrons. The van der Waals surface area contributed by atoms with Crippen LogP contribution in [0.1, 0.15) is 19.7 Å². The summed E-state index contributed by atoms with van der Waals surface area (Å²) in [5.74, 6) is 1.32. The molecule has 0 bridgehead atoms. The van der Waals surface area contributed by atoms with Crippen LogP contribution >= 0.6 is 11.8 Å². The van der Waals surface area contributed by atoms with Gasteiger partial charge in [0, 0.05) is 24.7 Å². The Morgan fingerprint density at radius 1 is 1.44 bits per heavy atom. The lowest BCUT2D eigenvalue weighted by Gasteiger charge is -2.10. The molecule has 1 N–H and O–H groups in total. The molecule has 18 heavy (non-hydrogen) atoms. The summed E-state index contributed by atoms with van der Waals surface area (Å²) in [5.41, 5.74) is -4.16. The highest BCUT2D eigenvalue weighted by molar-refractivity contribution is 8.00. The molecule has 0 saturated heterocycles. The van der Waals surface area contributed by atoms with Crippen LogP contribution in [0, 0.1) is 5.92 Å². The third-order valence-electron chi connectivity index (χ3n) is 2.24. The van der Waals surface area contributed by atoms with Crippen molar-refractivity contribution in [2.75, 3.05) is 12.3 Å². The van der Waals surface area contributed by atoms with Crippen LogP contribution in [0.2, 0.25) is 0 Å². The van der Waals surface area contributed by atoms with Crippen LogP contribution in [0.5, 0.6) is 0 Å². The van der Waals surface area contributed by atoms with E-state index >= 15 is 0 Å². The van der Waals surface area contributed by atoms with E-state index in [1.54, 1.807) is 17.0 Å². The predicted octanol–water partition coefficient (Wildman–Crippen LogP) is 2.88. The van der Waals surface area contributed by atoms with Gasteiger partial charge in [0.2, 0.25) is 0 Å². The standard InChI is InChI=1S/C11H18F3N3S/c1-9(2)7-15-8-10-16-3-4-17(10)5-6-18-11(12,13)14/h3-4,9,15H,5-8H2,1-2H3. The molecule has 0 aliphatic heterocycles. The van der Waals surface area contributed by atoms with Crippen molar-refractivity contribution < 1.29 is 13.2 Å². The van der Waals surface area contributed by atoms with Gasteiger partial charge in [-0.05, 0) is 24.2 Å². The van der Waals surface area contributed by atoms with Crippen LogP contribution in [0.15, 0.2) is 12.4 Å². The van der Waals surface area contributed by atoms with Crippen molar-refractivity contribution in [2.45, 2.75) is 32.4 Å². The lowest BCUT2D eigenvalue weighted by molar-refractivity contribution is -0.0328. The average molecular weight is 281 g/mol. The van der Waals surface area contributed by atoms with E-state index < -0.39 is 5.51 Å². The number of hydrogen-bond acceptors (Lipinski definition) is 3. The molecule has 3 nitrogen and oxygen atoms in total. The molecule has 0 aromatic carbocycles. The van der Waals surface area contributed by atoms with Gasteiger partial charge in [0.25, 0.3) is 0 Å². The molecule has 0 unspecified atom stereocenters. The lowest BCUT2D eigenvalue weighted by Crippen LogP contribution is -2.21. The highest BCUT2D eigenvalue weighted by Crippen LogP contribution is 2.30. The molecule has 1 heterocycles. The summed E-state index contributed by atoms with van der Waals surface area (Å²) in [4.78, 5) is 4.14. The summed E-state index contributed by atoms with van der Waals surface area (Å²) in [6.45, 7) is 5.97. The number of alkyl halides is 3. The highest BCUT2D eigenvalue weighted by atomic mass is 32.2. The lowest BCUT2D eigenvalue weighted by atomic mass is 10.2. The van der Waals surface area contributed by atoms with Crippen molar-refractivity contribution in [2.24, 2.45) is 5.92 Å². The first-order chi connectivity index (χ1) is 8.38. The van der Waals surface area contributed by atoms with Crippen molar-refractivity contribution >= 4 is 11.8 Å². The molecule has 0 radical (unpaired) electrons. The first-order valence-corrected chi connectivity index (χ1v) is 6.78. The molecule has 0 spiro atoms. The summed E-state index contributed by atoms with van der Waals surface area (Å²) in [5, 5.41) is 3.22. The SMILES string of the molecule is CC(C)CNCc1nccn1CCSC(F)(F)F. The summed E-state index contributed by atoms with van der Waals surface area (Å²) < 4.78 is 37.8. The minimum Gasteiger partial charge on any atom is -0.333 e. The van der Waals surface area contributed by atoms with E-state index in [1.807, 2.05) is 0 Å². The zero-order valence-electron chi connectivity index (χ0n) is 10.5. The van der Waals surface area contributed by atoms with Gasteiger partial charge in [-0.2, -0.15) is 13.2 Å². The van der Waals surface area contributed by atoms with E-state index in [1.165, 1.54) is 0 Å². The quantitative estimate of drug-likeness (QED) is 0.833. The second kappa shape index (κ2) is 7.04. The number of aryl methyl sites for hydroxylation is 1. The average Bonchev–Trinajstić information content (AvgIpc) is 2.63. The zero-order chi connectivity index (χ0) is 13.6. The molecule has 1 aromatic heterocycles. The van der Waals surface area contributed by atoms with Gasteiger partial charge in [-0.1, -0.05) is 13.8 Å². The van der Waals surface area contributed by atoms with Gasteiger partial charge in [0.1, 0.15) is 5.82 Å². The van der Waals surface area contributed by atoms with Crippen molar-refractivity contribution in [3.8, 4) is 0 Å². The Morgan fingerprint density at radius 3 is 2.78 bits per heavy atom. The van der Waals surface area contributed by atoms with Crippen molar-refractivity contribution in [3.05, 3.63) is 18.2 Å². The Balaban J connectivity index is 2.35. The Hall–Kier alpha value is -0.690. The minimum atomic E-state index is -4.16. The van der Waals surface area contributed by atoms with Crippen molar-refractivity contribution in [3.63, 3.8) is 0 Å². The molecule has 1 rings (SSSR count). The fourth-order valence-corrected chi connectivity index (χ4v) is 1.96. The van der Waals surface area contributed by atoms with Crippen molar-refractivity contribution in [1.29, 1.82) is 0 Å². The number of aromatic nitrogens is 2. The summed E-state index contributed by atoms with van der Waals surface area (Å²) in [7, 11) is 0. The van der Waals surface area contributed by atoms with Gasteiger partial charge in [-0.15, -0.1) is 0 Å². The summed E-state index contributed by atoms with van der Waals surface area (Å²) >= 11 is 0.000229. The topological polar surface area (TPSA) is 29.9 Å². The molecule has 1 aromatic rings. The number of nitrogens with zero attached hydrogens (tertiary/aromatic N) is 2. The fraction of sp³-hybridized carbons (Fsp3) is 0.727. The van der Waals surface area contributed by atoms with Crippen LogP contribution in [0.3, 0.4) is 0 Å². The smallest absolute Gasteiger partial charge is 0.333 e. The van der Waals surface area contributed by atoms with Crippen LogP contribution in [0.25, 0.3) is 0 Å². The van der Waals surface area contributed by atoms with Gasteiger partial charge < -0.3 is 9.88 Å². The predicted molar refractivity (Wildman–Crippen MR) is 67.3 cm³/mol. The Kier molecular flexibility index (Phi) is 6.01. The number of imidazole rings is 1. The van der Waals surface area contributed by atoms with E-state index in [0.717, 1.165) is 12.4 Å². The first-order valence-electron chi connectivity index (χ1n) is 5.80. The zero-order valence-corrected chi connectivity index (χ0v) is 11.3. The molecule has 0 amide bonds. The molecule has 0 atom stereocenters. The largest absolute Gasteiger partial charge is 0.441 e. The maximum absolute atomic E-state index is 12.0. The molecule has 0 aliphatic carbocycles. The Bertz CT molecular complexity index is 350. The number of halogens is 3. The molecule has 7 heteroatoms. The fourth-order valence-electron chi connectivity index (χ4n) is 1.44. The van der Waals surface area contributed by atoms with E-state index in [2.05, 4.69) is 24.1 Å². The van der Waals surface area contributed by atoms with Crippen LogP contribution in [-0.2, 0) is 13.1 Å². The molecule has 0 saturated carbocycles. The molecule has 0 aliphatic rings. The third-order valence-corrected chi connectivity index (χ3v) is 2.95. The second-order valence-corrected chi connectivity index (χ2v) is 5.52. The normalized spacial score (nSPS) is 12.3. The van der Waals surface area contributed by atoms with Crippen LogP contribution in [-0.4, -0.2) is 27.4 Å². The van der Waals surface area contributed by atoms with Gasteiger partial charge in [0.15, 0.2) is 0 Å². The number of rotatable bonds is 7. The number of nitrogens with one attached hydrogen (secondary N) is 1. The summed E-state index contributed by atoms with van der Waals surface area (Å²) in [6.07, 6.45) is 3.33. The highest BCUT2D eigenvalue weighted by Gasteiger charge is 2.27.